The number of methoxy groups -OCH3 is 3. The molecule has 2 aromatic rings. The van der Waals surface area contributed by atoms with E-state index in [0.717, 1.165) is 17.7 Å². The molecule has 6 nitrogen and oxygen atoms in total. The molecule has 152 valence electrons. The highest BCUT2D eigenvalue weighted by atomic mass is 16.5. The minimum atomic E-state index is -0.460. The summed E-state index contributed by atoms with van der Waals surface area (Å²) in [6.07, 6.45) is 0.848. The van der Waals surface area contributed by atoms with Crippen LogP contribution < -0.4 is 19.1 Å². The smallest absolute Gasteiger partial charge is 0.342 e. The van der Waals surface area contributed by atoms with Crippen molar-refractivity contribution in [2.45, 2.75) is 19.3 Å². The molecule has 0 aliphatic heterocycles. The van der Waals surface area contributed by atoms with Crippen molar-refractivity contribution >= 4 is 11.7 Å². The van der Waals surface area contributed by atoms with E-state index in [9.17, 15) is 4.79 Å². The molecule has 0 fully saturated rings. The lowest BCUT2D eigenvalue weighted by Crippen LogP contribution is -2.17. The van der Waals surface area contributed by atoms with Gasteiger partial charge in [-0.3, -0.25) is 0 Å². The zero-order chi connectivity index (χ0) is 20.7. The molecule has 1 atom stereocenters. The molecule has 0 N–H and O–H groups in total. The van der Waals surface area contributed by atoms with Gasteiger partial charge in [0.2, 0.25) is 5.75 Å². The Hall–Kier alpha value is -2.89. The maximum Gasteiger partial charge on any atom is 0.342 e. The molecule has 0 amide bonds. The van der Waals surface area contributed by atoms with E-state index >= 15 is 0 Å². The maximum absolute atomic E-state index is 12.8. The summed E-state index contributed by atoms with van der Waals surface area (Å²) in [4.78, 5) is 14.8. The van der Waals surface area contributed by atoms with Gasteiger partial charge in [0.05, 0.1) is 27.9 Å². The van der Waals surface area contributed by atoms with Gasteiger partial charge in [0, 0.05) is 25.7 Å². The van der Waals surface area contributed by atoms with E-state index in [2.05, 4.69) is 24.0 Å². The Balaban J connectivity index is 2.24. The molecule has 0 bridgehead atoms. The number of ether oxygens (including phenoxy) is 4. The van der Waals surface area contributed by atoms with E-state index in [0.29, 0.717) is 22.8 Å². The highest BCUT2D eigenvalue weighted by Crippen LogP contribution is 2.40. The Kier molecular flexibility index (Phi) is 7.55. The van der Waals surface area contributed by atoms with Crippen molar-refractivity contribution in [1.82, 2.24) is 0 Å². The van der Waals surface area contributed by atoms with Crippen LogP contribution >= 0.6 is 0 Å². The molecule has 28 heavy (non-hydrogen) atoms. The number of anilines is 1. The van der Waals surface area contributed by atoms with Gasteiger partial charge in [0.25, 0.3) is 0 Å². The van der Waals surface area contributed by atoms with Crippen LogP contribution in [0.25, 0.3) is 0 Å². The van der Waals surface area contributed by atoms with Crippen LogP contribution in [0.4, 0.5) is 5.69 Å². The molecule has 0 saturated heterocycles. The molecule has 0 aliphatic rings. The highest BCUT2D eigenvalue weighted by molar-refractivity contribution is 5.94. The number of nitrogens with zero attached hydrogens (tertiary/aromatic N) is 1. The summed E-state index contributed by atoms with van der Waals surface area (Å²) >= 11 is 0. The summed E-state index contributed by atoms with van der Waals surface area (Å²) in [5.74, 6) is 0.785. The van der Waals surface area contributed by atoms with Crippen LogP contribution in [0.5, 0.6) is 17.2 Å². The zero-order valence-corrected chi connectivity index (χ0v) is 17.4. The fourth-order valence-electron chi connectivity index (χ4n) is 3.18. The standard InChI is InChI=1S/C22H29NO5/c1-7-15(16-10-8-9-11-18(16)23(2)3)14-28-22(24)17-12-13-19(25-4)21(27-6)20(17)26-5/h8-13,15H,7,14H2,1-6H3. The van der Waals surface area contributed by atoms with E-state index in [1.165, 1.54) is 21.3 Å². The summed E-state index contributed by atoms with van der Waals surface area (Å²) in [6, 6.07) is 11.4. The summed E-state index contributed by atoms with van der Waals surface area (Å²) in [5, 5.41) is 0. The third-order valence-electron chi connectivity index (χ3n) is 4.69. The van der Waals surface area contributed by atoms with Gasteiger partial charge >= 0.3 is 5.97 Å². The number of rotatable bonds is 9. The van der Waals surface area contributed by atoms with Crippen LogP contribution in [0.2, 0.25) is 0 Å². The minimum Gasteiger partial charge on any atom is -0.493 e. The molecule has 0 radical (unpaired) electrons. The molecule has 6 heteroatoms. The monoisotopic (exact) mass is 387 g/mol. The third kappa shape index (κ3) is 4.50. The van der Waals surface area contributed by atoms with Gasteiger partial charge in [-0.25, -0.2) is 4.79 Å². The summed E-state index contributed by atoms with van der Waals surface area (Å²) in [7, 11) is 8.53. The Morgan fingerprint density at radius 3 is 2.21 bits per heavy atom. The van der Waals surface area contributed by atoms with Gasteiger partial charge < -0.3 is 23.8 Å². The van der Waals surface area contributed by atoms with Crippen LogP contribution in [0.3, 0.4) is 0 Å². The molecule has 0 aliphatic carbocycles. The van der Waals surface area contributed by atoms with Crippen molar-refractivity contribution in [3.8, 4) is 17.2 Å². The molecule has 0 aromatic heterocycles. The van der Waals surface area contributed by atoms with Crippen molar-refractivity contribution in [3.63, 3.8) is 0 Å². The molecule has 1 unspecified atom stereocenters. The number of carbonyl (C=O) groups excluding carboxylic acids is 1. The first-order valence-electron chi connectivity index (χ1n) is 9.20. The Morgan fingerprint density at radius 1 is 0.964 bits per heavy atom. The lowest BCUT2D eigenvalue weighted by atomic mass is 9.95. The number of esters is 1. The van der Waals surface area contributed by atoms with Crippen molar-refractivity contribution in [3.05, 3.63) is 47.5 Å². The molecule has 0 spiro atoms. The van der Waals surface area contributed by atoms with Crippen molar-refractivity contribution < 1.29 is 23.7 Å². The summed E-state index contributed by atoms with van der Waals surface area (Å²) in [5.41, 5.74) is 2.58. The van der Waals surface area contributed by atoms with Crippen LogP contribution in [0, 0.1) is 0 Å². The number of para-hydroxylation sites is 1. The summed E-state index contributed by atoms with van der Waals surface area (Å²) < 4.78 is 21.6. The topological polar surface area (TPSA) is 57.2 Å². The number of carbonyl (C=O) groups is 1. The first-order valence-corrected chi connectivity index (χ1v) is 9.20. The van der Waals surface area contributed by atoms with E-state index in [-0.39, 0.29) is 12.5 Å². The molecule has 0 saturated carbocycles. The van der Waals surface area contributed by atoms with Crippen molar-refractivity contribution in [2.24, 2.45) is 0 Å². The fourth-order valence-corrected chi connectivity index (χ4v) is 3.18. The number of hydrogen-bond donors (Lipinski definition) is 0. The molecule has 2 aromatic carbocycles. The number of benzene rings is 2. The van der Waals surface area contributed by atoms with E-state index in [4.69, 9.17) is 18.9 Å². The minimum absolute atomic E-state index is 0.0914. The normalized spacial score (nSPS) is 11.5. The Labute approximate surface area is 167 Å². The average Bonchev–Trinajstić information content (AvgIpc) is 2.72. The van der Waals surface area contributed by atoms with E-state index in [1.54, 1.807) is 12.1 Å². The second-order valence-corrected chi connectivity index (χ2v) is 6.54. The largest absolute Gasteiger partial charge is 0.493 e. The predicted octanol–water partition coefficient (Wildman–Crippen LogP) is 4.13. The second kappa shape index (κ2) is 9.88. The number of hydrogen-bond acceptors (Lipinski definition) is 6. The van der Waals surface area contributed by atoms with Gasteiger partial charge in [-0.05, 0) is 30.2 Å². The Bertz CT molecular complexity index is 804. The molecular weight excluding hydrogens is 358 g/mol. The predicted molar refractivity (Wildman–Crippen MR) is 110 cm³/mol. The maximum atomic E-state index is 12.8. The van der Waals surface area contributed by atoms with E-state index in [1.807, 2.05) is 26.2 Å². The SMILES string of the molecule is CCC(COC(=O)c1ccc(OC)c(OC)c1OC)c1ccccc1N(C)C. The van der Waals surface area contributed by atoms with Crippen LogP contribution in [-0.4, -0.2) is 48.0 Å². The van der Waals surface area contributed by atoms with Crippen molar-refractivity contribution in [1.29, 1.82) is 0 Å². The zero-order valence-electron chi connectivity index (χ0n) is 17.4. The quantitative estimate of drug-likeness (QED) is 0.603. The Morgan fingerprint density at radius 2 is 1.64 bits per heavy atom. The fraction of sp³-hybridized carbons (Fsp3) is 0.409. The molecule has 0 heterocycles. The van der Waals surface area contributed by atoms with Crippen molar-refractivity contribution in [2.75, 3.05) is 46.9 Å². The van der Waals surface area contributed by atoms with Gasteiger partial charge in [0.15, 0.2) is 11.5 Å². The van der Waals surface area contributed by atoms with Gasteiger partial charge in [-0.1, -0.05) is 25.1 Å². The first-order chi connectivity index (χ1) is 13.5. The summed E-state index contributed by atoms with van der Waals surface area (Å²) in [6.45, 7) is 2.36. The van der Waals surface area contributed by atoms with Gasteiger partial charge in [-0.15, -0.1) is 0 Å². The third-order valence-corrected chi connectivity index (χ3v) is 4.69. The van der Waals surface area contributed by atoms with Gasteiger partial charge in [-0.2, -0.15) is 0 Å². The first kappa shape index (κ1) is 21.4. The van der Waals surface area contributed by atoms with Gasteiger partial charge in [0.1, 0.15) is 5.56 Å². The average molecular weight is 387 g/mol. The van der Waals surface area contributed by atoms with E-state index < -0.39 is 5.97 Å². The van der Waals surface area contributed by atoms with Crippen LogP contribution in [0.15, 0.2) is 36.4 Å². The van der Waals surface area contributed by atoms with Crippen LogP contribution in [0.1, 0.15) is 35.2 Å². The molecular formula is C22H29NO5. The lowest BCUT2D eigenvalue weighted by Gasteiger charge is -2.23. The second-order valence-electron chi connectivity index (χ2n) is 6.54. The van der Waals surface area contributed by atoms with Crippen LogP contribution in [-0.2, 0) is 4.74 Å². The molecule has 2 rings (SSSR count). The highest BCUT2D eigenvalue weighted by Gasteiger charge is 2.23. The lowest BCUT2D eigenvalue weighted by molar-refractivity contribution is 0.0473.